The Morgan fingerprint density at radius 3 is 2.62 bits per heavy atom. The number of carbonyl (C=O) groups excluding carboxylic acids is 1. The highest BCUT2D eigenvalue weighted by atomic mass is 16.5. The Bertz CT molecular complexity index is 315. The summed E-state index contributed by atoms with van der Waals surface area (Å²) in [6, 6.07) is 0.197. The number of hydrogen-bond acceptors (Lipinski definition) is 5. The van der Waals surface area contributed by atoms with Gasteiger partial charge in [-0.1, -0.05) is 0 Å². The summed E-state index contributed by atoms with van der Waals surface area (Å²) >= 11 is 0. The SMILES string of the molecule is COC(=O)C(C)(CC(C)OCC1CCCCO1)NC(C)C. The van der Waals surface area contributed by atoms with Crippen LogP contribution < -0.4 is 5.32 Å². The second-order valence-electron chi connectivity index (χ2n) is 6.46. The number of carbonyl (C=O) groups is 1. The number of esters is 1. The molecule has 0 aromatic carbocycles. The first kappa shape index (κ1) is 18.4. The van der Waals surface area contributed by atoms with E-state index in [9.17, 15) is 4.79 Å². The minimum Gasteiger partial charge on any atom is -0.468 e. The molecular weight excluding hydrogens is 270 g/mol. The molecule has 0 amide bonds. The molecule has 3 unspecified atom stereocenters. The summed E-state index contributed by atoms with van der Waals surface area (Å²) in [6.07, 6.45) is 4.15. The molecule has 1 heterocycles. The van der Waals surface area contributed by atoms with Crippen LogP contribution in [-0.4, -0.2) is 50.1 Å². The van der Waals surface area contributed by atoms with Crippen molar-refractivity contribution in [2.24, 2.45) is 0 Å². The van der Waals surface area contributed by atoms with Gasteiger partial charge in [0.1, 0.15) is 5.54 Å². The van der Waals surface area contributed by atoms with Gasteiger partial charge in [-0.05, 0) is 47.0 Å². The lowest BCUT2D eigenvalue weighted by Crippen LogP contribution is -2.54. The fourth-order valence-electron chi connectivity index (χ4n) is 2.91. The number of rotatable bonds is 8. The van der Waals surface area contributed by atoms with Crippen molar-refractivity contribution < 1.29 is 19.0 Å². The minimum absolute atomic E-state index is 0.0362. The summed E-state index contributed by atoms with van der Waals surface area (Å²) in [4.78, 5) is 12.0. The van der Waals surface area contributed by atoms with Gasteiger partial charge >= 0.3 is 5.97 Å². The van der Waals surface area contributed by atoms with E-state index >= 15 is 0 Å². The Morgan fingerprint density at radius 2 is 2.10 bits per heavy atom. The van der Waals surface area contributed by atoms with Crippen LogP contribution in [0.15, 0.2) is 0 Å². The summed E-state index contributed by atoms with van der Waals surface area (Å²) in [5, 5.41) is 3.29. The van der Waals surface area contributed by atoms with Gasteiger partial charge in [-0.15, -0.1) is 0 Å². The van der Waals surface area contributed by atoms with E-state index in [0.29, 0.717) is 13.0 Å². The highest BCUT2D eigenvalue weighted by Gasteiger charge is 2.36. The van der Waals surface area contributed by atoms with Crippen LogP contribution >= 0.6 is 0 Å². The molecule has 1 N–H and O–H groups in total. The lowest BCUT2D eigenvalue weighted by atomic mass is 9.93. The van der Waals surface area contributed by atoms with Gasteiger partial charge in [-0.3, -0.25) is 10.1 Å². The number of methoxy groups -OCH3 is 1. The summed E-state index contributed by atoms with van der Waals surface area (Å²) in [5.41, 5.74) is -0.726. The van der Waals surface area contributed by atoms with Gasteiger partial charge in [0.25, 0.3) is 0 Å². The van der Waals surface area contributed by atoms with Crippen molar-refractivity contribution in [1.29, 1.82) is 0 Å². The first-order valence-corrected chi connectivity index (χ1v) is 7.96. The van der Waals surface area contributed by atoms with Crippen molar-refractivity contribution in [2.45, 2.75) is 77.2 Å². The van der Waals surface area contributed by atoms with Crippen molar-refractivity contribution in [3.63, 3.8) is 0 Å². The summed E-state index contributed by atoms with van der Waals surface area (Å²) < 4.78 is 16.5. The molecule has 0 aromatic heterocycles. The van der Waals surface area contributed by atoms with Crippen molar-refractivity contribution in [1.82, 2.24) is 5.32 Å². The van der Waals surface area contributed by atoms with Crippen LogP contribution in [0.3, 0.4) is 0 Å². The van der Waals surface area contributed by atoms with Crippen LogP contribution in [0.5, 0.6) is 0 Å². The van der Waals surface area contributed by atoms with E-state index in [1.807, 2.05) is 27.7 Å². The first-order chi connectivity index (χ1) is 9.87. The van der Waals surface area contributed by atoms with Gasteiger partial charge in [0.15, 0.2) is 0 Å². The second-order valence-corrected chi connectivity index (χ2v) is 6.46. The van der Waals surface area contributed by atoms with Crippen molar-refractivity contribution in [3.05, 3.63) is 0 Å². The average molecular weight is 301 g/mol. The normalized spacial score (nSPS) is 23.6. The molecule has 5 nitrogen and oxygen atoms in total. The highest BCUT2D eigenvalue weighted by molar-refractivity contribution is 5.80. The average Bonchev–Trinajstić information content (AvgIpc) is 2.44. The molecule has 0 aliphatic carbocycles. The Balaban J connectivity index is 2.47. The predicted molar refractivity (Wildman–Crippen MR) is 82.3 cm³/mol. The van der Waals surface area contributed by atoms with Crippen LogP contribution in [0, 0.1) is 0 Å². The quantitative estimate of drug-likeness (QED) is 0.697. The largest absolute Gasteiger partial charge is 0.468 e. The standard InChI is InChI=1S/C16H31NO4/c1-12(2)17-16(4,15(18)19-5)10-13(3)21-11-14-8-6-7-9-20-14/h12-14,17H,6-11H2,1-5H3. The Labute approximate surface area is 128 Å². The molecule has 1 fully saturated rings. The van der Waals surface area contributed by atoms with E-state index in [0.717, 1.165) is 19.4 Å². The minimum atomic E-state index is -0.726. The smallest absolute Gasteiger partial charge is 0.325 e. The van der Waals surface area contributed by atoms with E-state index in [-0.39, 0.29) is 24.2 Å². The molecule has 0 radical (unpaired) electrons. The molecule has 0 spiro atoms. The third-order valence-electron chi connectivity index (χ3n) is 3.78. The van der Waals surface area contributed by atoms with Gasteiger partial charge in [0, 0.05) is 19.1 Å². The molecule has 0 saturated carbocycles. The summed E-state index contributed by atoms with van der Waals surface area (Å²) in [7, 11) is 1.42. The second kappa shape index (κ2) is 8.71. The number of ether oxygens (including phenoxy) is 3. The third kappa shape index (κ3) is 6.32. The van der Waals surface area contributed by atoms with Gasteiger partial charge < -0.3 is 14.2 Å². The summed E-state index contributed by atoms with van der Waals surface area (Å²) in [6.45, 7) is 9.32. The van der Waals surface area contributed by atoms with Crippen molar-refractivity contribution in [2.75, 3.05) is 20.3 Å². The molecule has 1 aliphatic heterocycles. The molecule has 1 aliphatic rings. The first-order valence-electron chi connectivity index (χ1n) is 7.96. The molecule has 5 heteroatoms. The highest BCUT2D eigenvalue weighted by Crippen LogP contribution is 2.19. The Kier molecular flexibility index (Phi) is 7.63. The lowest BCUT2D eigenvalue weighted by molar-refractivity contribution is -0.150. The molecule has 3 atom stereocenters. The predicted octanol–water partition coefficient (Wildman–Crippen LogP) is 2.28. The molecule has 124 valence electrons. The molecule has 1 saturated heterocycles. The maximum Gasteiger partial charge on any atom is 0.325 e. The van der Waals surface area contributed by atoms with Crippen LogP contribution in [-0.2, 0) is 19.0 Å². The molecular formula is C16H31NO4. The molecule has 0 aromatic rings. The zero-order valence-corrected chi connectivity index (χ0v) is 14.1. The topological polar surface area (TPSA) is 56.8 Å². The van der Waals surface area contributed by atoms with Gasteiger partial charge in [0.05, 0.1) is 25.9 Å². The van der Waals surface area contributed by atoms with E-state index in [1.54, 1.807) is 0 Å². The zero-order valence-electron chi connectivity index (χ0n) is 14.1. The fourth-order valence-corrected chi connectivity index (χ4v) is 2.91. The van der Waals surface area contributed by atoms with Crippen molar-refractivity contribution in [3.8, 4) is 0 Å². The Hall–Kier alpha value is -0.650. The van der Waals surface area contributed by atoms with Gasteiger partial charge in [0.2, 0.25) is 0 Å². The van der Waals surface area contributed by atoms with Crippen LogP contribution in [0.4, 0.5) is 0 Å². The summed E-state index contributed by atoms with van der Waals surface area (Å²) in [5.74, 6) is -0.249. The lowest BCUT2D eigenvalue weighted by Gasteiger charge is -2.33. The van der Waals surface area contributed by atoms with Crippen LogP contribution in [0.2, 0.25) is 0 Å². The van der Waals surface area contributed by atoms with Gasteiger partial charge in [-0.25, -0.2) is 0 Å². The monoisotopic (exact) mass is 301 g/mol. The zero-order chi connectivity index (χ0) is 15.9. The van der Waals surface area contributed by atoms with Crippen LogP contribution in [0.1, 0.15) is 53.4 Å². The van der Waals surface area contributed by atoms with E-state index in [1.165, 1.54) is 13.5 Å². The van der Waals surface area contributed by atoms with Gasteiger partial charge in [-0.2, -0.15) is 0 Å². The molecule has 0 bridgehead atoms. The molecule has 1 rings (SSSR count). The van der Waals surface area contributed by atoms with E-state index in [2.05, 4.69) is 5.32 Å². The van der Waals surface area contributed by atoms with Crippen LogP contribution in [0.25, 0.3) is 0 Å². The maximum atomic E-state index is 12.0. The molecule has 21 heavy (non-hydrogen) atoms. The van der Waals surface area contributed by atoms with E-state index in [4.69, 9.17) is 14.2 Å². The number of hydrogen-bond donors (Lipinski definition) is 1. The Morgan fingerprint density at radius 1 is 1.38 bits per heavy atom. The maximum absolute atomic E-state index is 12.0. The third-order valence-corrected chi connectivity index (χ3v) is 3.78. The van der Waals surface area contributed by atoms with E-state index < -0.39 is 5.54 Å². The number of nitrogens with one attached hydrogen (secondary N) is 1. The fraction of sp³-hybridized carbons (Fsp3) is 0.938. The van der Waals surface area contributed by atoms with Crippen molar-refractivity contribution >= 4 is 5.97 Å².